The number of H-pyrrole nitrogens is 1. The van der Waals surface area contributed by atoms with Gasteiger partial charge < -0.3 is 14.6 Å². The number of benzene rings is 1. The van der Waals surface area contributed by atoms with Crippen molar-refractivity contribution in [3.63, 3.8) is 0 Å². The van der Waals surface area contributed by atoms with Crippen molar-refractivity contribution in [3.05, 3.63) is 36.0 Å². The van der Waals surface area contributed by atoms with Crippen molar-refractivity contribution >= 4 is 26.8 Å². The van der Waals surface area contributed by atoms with Gasteiger partial charge in [0.25, 0.3) is 0 Å². The molecular weight excluding hydrogens is 402 g/mol. The number of likely N-dealkylation sites (tertiary alicyclic amines) is 1. The second-order valence-electron chi connectivity index (χ2n) is 8.43. The second-order valence-corrected chi connectivity index (χ2v) is 10.3. The first-order chi connectivity index (χ1) is 14.4. The summed E-state index contributed by atoms with van der Waals surface area (Å²) in [7, 11) is -3.35. The third-order valence-electron chi connectivity index (χ3n) is 6.33. The molecule has 4 rings (SSSR count). The number of ether oxygens (including phenoxy) is 1. The van der Waals surface area contributed by atoms with Crippen LogP contribution in [-0.2, 0) is 26.0 Å². The van der Waals surface area contributed by atoms with Gasteiger partial charge in [0.05, 0.1) is 6.26 Å². The highest BCUT2D eigenvalue weighted by Gasteiger charge is 2.37. The number of hydrogen-bond donors (Lipinski definition) is 1. The molecule has 2 aliphatic heterocycles. The molecular formula is C22H31N3O4S. The molecule has 1 aromatic carbocycles. The Morgan fingerprint density at radius 3 is 2.73 bits per heavy atom. The lowest BCUT2D eigenvalue weighted by atomic mass is 10.0. The number of piperidine rings is 1. The molecule has 1 atom stereocenters. The minimum Gasteiger partial charge on any atom is -0.381 e. The number of amides is 1. The monoisotopic (exact) mass is 433 g/mol. The summed E-state index contributed by atoms with van der Waals surface area (Å²) < 4.78 is 32.3. The topological polar surface area (TPSA) is 82.7 Å². The lowest BCUT2D eigenvalue weighted by molar-refractivity contribution is -0.133. The molecule has 2 aliphatic rings. The number of sulfonamides is 1. The van der Waals surface area contributed by atoms with Gasteiger partial charge in [-0.3, -0.25) is 4.79 Å². The Bertz CT molecular complexity index is 981. The van der Waals surface area contributed by atoms with E-state index in [1.165, 1.54) is 6.26 Å². The third-order valence-corrected chi connectivity index (χ3v) is 7.69. The number of aromatic amines is 1. The van der Waals surface area contributed by atoms with Crippen molar-refractivity contribution in [2.24, 2.45) is 0 Å². The molecule has 0 saturated carbocycles. The van der Waals surface area contributed by atoms with Gasteiger partial charge >= 0.3 is 0 Å². The van der Waals surface area contributed by atoms with E-state index in [9.17, 15) is 13.2 Å². The predicted octanol–water partition coefficient (Wildman–Crippen LogP) is 2.53. The van der Waals surface area contributed by atoms with Crippen LogP contribution in [0.3, 0.4) is 0 Å². The summed E-state index contributed by atoms with van der Waals surface area (Å²) in [4.78, 5) is 18.1. The van der Waals surface area contributed by atoms with Gasteiger partial charge in [0.15, 0.2) is 0 Å². The van der Waals surface area contributed by atoms with Crippen molar-refractivity contribution in [1.82, 2.24) is 14.2 Å². The highest BCUT2D eigenvalue weighted by molar-refractivity contribution is 7.88. The van der Waals surface area contributed by atoms with Crippen molar-refractivity contribution in [2.45, 2.75) is 50.6 Å². The van der Waals surface area contributed by atoms with Crippen LogP contribution in [0.2, 0.25) is 0 Å². The molecule has 2 saturated heterocycles. The second kappa shape index (κ2) is 9.08. The molecule has 0 spiro atoms. The maximum atomic E-state index is 13.0. The number of fused-ring (bicyclic) bond motifs is 1. The van der Waals surface area contributed by atoms with Gasteiger partial charge in [-0.1, -0.05) is 18.2 Å². The molecule has 2 aromatic rings. The van der Waals surface area contributed by atoms with E-state index >= 15 is 0 Å². The highest BCUT2D eigenvalue weighted by Crippen LogP contribution is 2.26. The third kappa shape index (κ3) is 4.71. The van der Waals surface area contributed by atoms with Gasteiger partial charge in [0, 0.05) is 61.9 Å². The first-order valence-corrected chi connectivity index (χ1v) is 12.7. The molecule has 1 unspecified atom stereocenters. The molecule has 1 aromatic heterocycles. The first-order valence-electron chi connectivity index (χ1n) is 10.8. The van der Waals surface area contributed by atoms with E-state index < -0.39 is 10.0 Å². The molecule has 1 amide bonds. The number of rotatable bonds is 6. The number of nitrogens with one attached hydrogen (secondary N) is 1. The van der Waals surface area contributed by atoms with Crippen molar-refractivity contribution in [2.75, 3.05) is 32.6 Å². The smallest absolute Gasteiger partial charge is 0.222 e. The van der Waals surface area contributed by atoms with Gasteiger partial charge in [0.2, 0.25) is 15.9 Å². The Morgan fingerprint density at radius 2 is 1.97 bits per heavy atom. The van der Waals surface area contributed by atoms with Gasteiger partial charge in [-0.2, -0.15) is 4.31 Å². The summed E-state index contributed by atoms with van der Waals surface area (Å²) >= 11 is 0. The standard InChI is InChI=1S/C22H31N3O4S/c1-30(27,28)25(18-10-13-29-14-11-18)19-5-4-12-24(16-19)22(26)9-8-17-15-23-21-7-3-2-6-20(17)21/h2-3,6-7,15,18-19,23H,4-5,8-14,16H2,1H3. The van der Waals surface area contributed by atoms with Crippen LogP contribution < -0.4 is 0 Å². The Balaban J connectivity index is 1.41. The molecule has 3 heterocycles. The van der Waals surface area contributed by atoms with E-state index in [4.69, 9.17) is 4.74 Å². The zero-order valence-electron chi connectivity index (χ0n) is 17.5. The summed E-state index contributed by atoms with van der Waals surface area (Å²) in [6.07, 6.45) is 7.46. The quantitative estimate of drug-likeness (QED) is 0.759. The Morgan fingerprint density at radius 1 is 1.20 bits per heavy atom. The lowest BCUT2D eigenvalue weighted by Gasteiger charge is -2.42. The normalized spacial score (nSPS) is 21.4. The number of carbonyl (C=O) groups excluding carboxylic acids is 1. The molecule has 164 valence electrons. The Kier molecular flexibility index (Phi) is 6.46. The summed E-state index contributed by atoms with van der Waals surface area (Å²) in [5.41, 5.74) is 2.23. The fourth-order valence-corrected chi connectivity index (χ4v) is 6.37. The maximum Gasteiger partial charge on any atom is 0.222 e. The minimum atomic E-state index is -3.35. The zero-order valence-corrected chi connectivity index (χ0v) is 18.4. The van der Waals surface area contributed by atoms with Crippen LogP contribution >= 0.6 is 0 Å². The SMILES string of the molecule is CS(=O)(=O)N(C1CCOCC1)C1CCCN(C(=O)CCc2c[nH]c3ccccc23)C1. The van der Waals surface area contributed by atoms with E-state index in [-0.39, 0.29) is 18.0 Å². The predicted molar refractivity (Wildman–Crippen MR) is 117 cm³/mol. The van der Waals surface area contributed by atoms with Crippen LogP contribution in [-0.4, -0.2) is 73.2 Å². The van der Waals surface area contributed by atoms with Crippen LogP contribution in [0.4, 0.5) is 0 Å². The number of para-hydroxylation sites is 1. The first kappa shape index (κ1) is 21.3. The van der Waals surface area contributed by atoms with E-state index in [1.807, 2.05) is 29.3 Å². The number of hydrogen-bond acceptors (Lipinski definition) is 4. The van der Waals surface area contributed by atoms with Crippen LogP contribution in [0.1, 0.15) is 37.7 Å². The molecule has 0 radical (unpaired) electrons. The van der Waals surface area contributed by atoms with Gasteiger partial charge in [-0.15, -0.1) is 0 Å². The van der Waals surface area contributed by atoms with Crippen molar-refractivity contribution in [1.29, 1.82) is 0 Å². The molecule has 7 nitrogen and oxygen atoms in total. The molecule has 8 heteroatoms. The van der Waals surface area contributed by atoms with Gasteiger partial charge in [-0.05, 0) is 43.7 Å². The fourth-order valence-electron chi connectivity index (χ4n) is 4.91. The van der Waals surface area contributed by atoms with Crippen molar-refractivity contribution in [3.8, 4) is 0 Å². The molecule has 0 aliphatic carbocycles. The van der Waals surface area contributed by atoms with E-state index in [0.29, 0.717) is 39.1 Å². The van der Waals surface area contributed by atoms with E-state index in [0.717, 1.165) is 42.1 Å². The van der Waals surface area contributed by atoms with Crippen molar-refractivity contribution < 1.29 is 17.9 Å². The maximum absolute atomic E-state index is 13.0. The lowest BCUT2D eigenvalue weighted by Crippen LogP contribution is -2.55. The van der Waals surface area contributed by atoms with Gasteiger partial charge in [-0.25, -0.2) is 8.42 Å². The highest BCUT2D eigenvalue weighted by atomic mass is 32.2. The summed E-state index contributed by atoms with van der Waals surface area (Å²) in [6.45, 7) is 2.37. The Labute approximate surface area is 178 Å². The number of aryl methyl sites for hydroxylation is 1. The Hall–Kier alpha value is -1.90. The van der Waals surface area contributed by atoms with Gasteiger partial charge in [0.1, 0.15) is 0 Å². The van der Waals surface area contributed by atoms with Crippen LogP contribution in [0.15, 0.2) is 30.5 Å². The number of nitrogens with zero attached hydrogens (tertiary/aromatic N) is 2. The summed E-state index contributed by atoms with van der Waals surface area (Å²) in [5, 5.41) is 1.16. The van der Waals surface area contributed by atoms with Crippen LogP contribution in [0.25, 0.3) is 10.9 Å². The minimum absolute atomic E-state index is 0.0278. The number of aromatic nitrogens is 1. The van der Waals surface area contributed by atoms with E-state index in [1.54, 1.807) is 4.31 Å². The molecule has 1 N–H and O–H groups in total. The zero-order chi connectivity index (χ0) is 21.1. The average molecular weight is 434 g/mol. The molecule has 0 bridgehead atoms. The molecule has 2 fully saturated rings. The summed E-state index contributed by atoms with van der Waals surface area (Å²) in [5.74, 6) is 0.102. The van der Waals surface area contributed by atoms with Crippen LogP contribution in [0, 0.1) is 0 Å². The average Bonchev–Trinajstić information content (AvgIpc) is 3.15. The molecule has 30 heavy (non-hydrogen) atoms. The fraction of sp³-hybridized carbons (Fsp3) is 0.591. The van der Waals surface area contributed by atoms with Crippen LogP contribution in [0.5, 0.6) is 0 Å². The number of carbonyl (C=O) groups is 1. The van der Waals surface area contributed by atoms with E-state index in [2.05, 4.69) is 11.1 Å². The largest absolute Gasteiger partial charge is 0.381 e. The summed E-state index contributed by atoms with van der Waals surface area (Å²) in [6, 6.07) is 7.93.